The van der Waals surface area contributed by atoms with E-state index < -0.39 is 0 Å². The molecule has 1 rings (SSSR count). The number of hydrogen-bond acceptors (Lipinski definition) is 2. The first-order valence-electron chi connectivity index (χ1n) is 6.04. The van der Waals surface area contributed by atoms with Crippen LogP contribution in [0.5, 0.6) is 0 Å². The number of hydrogen-bond donors (Lipinski definition) is 0. The van der Waals surface area contributed by atoms with E-state index in [2.05, 4.69) is 6.92 Å². The van der Waals surface area contributed by atoms with Crippen LogP contribution in [0.3, 0.4) is 0 Å². The van der Waals surface area contributed by atoms with Crippen molar-refractivity contribution >= 4 is 5.97 Å². The van der Waals surface area contributed by atoms with Crippen molar-refractivity contribution in [3.63, 3.8) is 0 Å². The summed E-state index contributed by atoms with van der Waals surface area (Å²) in [6.45, 7) is 4.44. The third-order valence-electron chi connectivity index (χ3n) is 2.56. The highest BCUT2D eigenvalue weighted by molar-refractivity contribution is 5.91. The van der Waals surface area contributed by atoms with E-state index in [-0.39, 0.29) is 5.97 Å². The van der Waals surface area contributed by atoms with Gasteiger partial charge in [0.2, 0.25) is 0 Å². The van der Waals surface area contributed by atoms with E-state index in [1.807, 2.05) is 31.2 Å². The van der Waals surface area contributed by atoms with Crippen molar-refractivity contribution in [2.24, 2.45) is 0 Å². The number of unbranched alkanes of at least 4 members (excludes halogenated alkanes) is 2. The number of carbonyl (C=O) groups is 1. The second kappa shape index (κ2) is 7.04. The normalized spacial score (nSPS) is 10.1. The summed E-state index contributed by atoms with van der Waals surface area (Å²) in [5.41, 5.74) is 1.83. The minimum Gasteiger partial charge on any atom is -0.462 e. The van der Waals surface area contributed by atoms with Crippen LogP contribution in [0.25, 0.3) is 0 Å². The first kappa shape index (κ1) is 12.8. The summed E-state index contributed by atoms with van der Waals surface area (Å²) in [4.78, 5) is 11.7. The van der Waals surface area contributed by atoms with E-state index in [4.69, 9.17) is 4.74 Å². The summed E-state index contributed by atoms with van der Waals surface area (Å²) in [6.07, 6.45) is 4.49. The first-order chi connectivity index (χ1) is 7.79. The van der Waals surface area contributed by atoms with Gasteiger partial charge in [0.1, 0.15) is 0 Å². The molecule has 16 heavy (non-hydrogen) atoms. The lowest BCUT2D eigenvalue weighted by Crippen LogP contribution is -2.08. The van der Waals surface area contributed by atoms with Gasteiger partial charge in [-0.2, -0.15) is 0 Å². The Balaban J connectivity index is 2.71. The van der Waals surface area contributed by atoms with Crippen LogP contribution >= 0.6 is 0 Å². The molecule has 0 aliphatic heterocycles. The molecule has 1 aromatic rings. The number of esters is 1. The molecule has 1 aromatic carbocycles. The molecule has 88 valence electrons. The monoisotopic (exact) mass is 220 g/mol. The molecule has 0 aromatic heterocycles. The largest absolute Gasteiger partial charge is 0.462 e. The highest BCUT2D eigenvalue weighted by Gasteiger charge is 2.10. The predicted octanol–water partition coefficient (Wildman–Crippen LogP) is 3.60. The van der Waals surface area contributed by atoms with Crippen molar-refractivity contribution in [2.75, 3.05) is 6.61 Å². The fraction of sp³-hybridized carbons (Fsp3) is 0.500. The van der Waals surface area contributed by atoms with Gasteiger partial charge in [0.05, 0.1) is 12.2 Å². The van der Waals surface area contributed by atoms with Crippen molar-refractivity contribution in [3.8, 4) is 0 Å². The average Bonchev–Trinajstić information content (AvgIpc) is 2.30. The topological polar surface area (TPSA) is 26.3 Å². The van der Waals surface area contributed by atoms with Crippen LogP contribution in [0.2, 0.25) is 0 Å². The molecule has 0 N–H and O–H groups in total. The zero-order valence-corrected chi connectivity index (χ0v) is 10.2. The van der Waals surface area contributed by atoms with Crippen molar-refractivity contribution in [3.05, 3.63) is 35.4 Å². The molecule has 0 atom stereocenters. The lowest BCUT2D eigenvalue weighted by atomic mass is 10.0. The summed E-state index contributed by atoms with van der Waals surface area (Å²) in [5.74, 6) is -0.199. The summed E-state index contributed by atoms with van der Waals surface area (Å²) in [5, 5.41) is 0. The van der Waals surface area contributed by atoms with E-state index in [1.54, 1.807) is 0 Å². The van der Waals surface area contributed by atoms with Gasteiger partial charge >= 0.3 is 5.97 Å². The quantitative estimate of drug-likeness (QED) is 0.541. The van der Waals surface area contributed by atoms with Gasteiger partial charge in [-0.25, -0.2) is 4.79 Å². The Bertz CT molecular complexity index is 331. The molecule has 0 spiro atoms. The number of carbonyl (C=O) groups excluding carboxylic acids is 1. The van der Waals surface area contributed by atoms with E-state index in [0.717, 1.165) is 24.0 Å². The molecule has 0 heterocycles. The molecule has 0 fully saturated rings. The standard InChI is InChI=1S/C14H20O2/c1-3-5-6-9-12-10-7-8-11-13(12)14(15)16-4-2/h7-8,10-11H,3-6,9H2,1-2H3. The first-order valence-corrected chi connectivity index (χ1v) is 6.04. The fourth-order valence-corrected chi connectivity index (χ4v) is 1.71. The van der Waals surface area contributed by atoms with Crippen LogP contribution < -0.4 is 0 Å². The van der Waals surface area contributed by atoms with Crippen molar-refractivity contribution in [1.29, 1.82) is 0 Å². The average molecular weight is 220 g/mol. The minimum atomic E-state index is -0.199. The van der Waals surface area contributed by atoms with Gasteiger partial charge in [0.15, 0.2) is 0 Å². The molecule has 0 aliphatic carbocycles. The zero-order chi connectivity index (χ0) is 11.8. The number of benzene rings is 1. The maximum Gasteiger partial charge on any atom is 0.338 e. The Hall–Kier alpha value is -1.31. The van der Waals surface area contributed by atoms with Gasteiger partial charge in [-0.1, -0.05) is 38.0 Å². The summed E-state index contributed by atoms with van der Waals surface area (Å²) < 4.78 is 5.04. The molecule has 0 saturated heterocycles. The fourth-order valence-electron chi connectivity index (χ4n) is 1.71. The van der Waals surface area contributed by atoms with Crippen molar-refractivity contribution in [2.45, 2.75) is 39.5 Å². The SMILES string of the molecule is CCCCCc1ccccc1C(=O)OCC. The van der Waals surface area contributed by atoms with Gasteiger partial charge in [-0.05, 0) is 31.4 Å². The molecule has 0 aliphatic rings. The second-order valence-corrected chi connectivity index (χ2v) is 3.83. The van der Waals surface area contributed by atoms with Crippen LogP contribution in [0, 0.1) is 0 Å². The molecule has 0 amide bonds. The second-order valence-electron chi connectivity index (χ2n) is 3.83. The van der Waals surface area contributed by atoms with Gasteiger partial charge in [0, 0.05) is 0 Å². The van der Waals surface area contributed by atoms with Crippen LogP contribution in [0.15, 0.2) is 24.3 Å². The molecule has 0 unspecified atom stereocenters. The summed E-state index contributed by atoms with van der Waals surface area (Å²) in [6, 6.07) is 7.72. The lowest BCUT2D eigenvalue weighted by molar-refractivity contribution is 0.0525. The van der Waals surface area contributed by atoms with Gasteiger partial charge < -0.3 is 4.74 Å². The van der Waals surface area contributed by atoms with Gasteiger partial charge in [0.25, 0.3) is 0 Å². The smallest absolute Gasteiger partial charge is 0.338 e. The Kier molecular flexibility index (Phi) is 5.62. The molecule has 0 radical (unpaired) electrons. The van der Waals surface area contributed by atoms with E-state index in [1.165, 1.54) is 12.8 Å². The molecular formula is C14H20O2. The summed E-state index contributed by atoms with van der Waals surface area (Å²) >= 11 is 0. The van der Waals surface area contributed by atoms with Crippen LogP contribution in [0.1, 0.15) is 49.0 Å². The van der Waals surface area contributed by atoms with E-state index in [9.17, 15) is 4.79 Å². The maximum atomic E-state index is 11.7. The Morgan fingerprint density at radius 2 is 1.94 bits per heavy atom. The minimum absolute atomic E-state index is 0.199. The number of ether oxygens (including phenoxy) is 1. The highest BCUT2D eigenvalue weighted by atomic mass is 16.5. The number of aryl methyl sites for hydroxylation is 1. The molecular weight excluding hydrogens is 200 g/mol. The Morgan fingerprint density at radius 3 is 2.62 bits per heavy atom. The van der Waals surface area contributed by atoms with E-state index >= 15 is 0 Å². The van der Waals surface area contributed by atoms with Crippen LogP contribution in [0.4, 0.5) is 0 Å². The van der Waals surface area contributed by atoms with Gasteiger partial charge in [-0.3, -0.25) is 0 Å². The van der Waals surface area contributed by atoms with Crippen molar-refractivity contribution < 1.29 is 9.53 Å². The third kappa shape index (κ3) is 3.69. The molecule has 0 saturated carbocycles. The Labute approximate surface area is 97.6 Å². The maximum absolute atomic E-state index is 11.7. The predicted molar refractivity (Wildman–Crippen MR) is 65.6 cm³/mol. The molecule has 0 bridgehead atoms. The molecule has 2 nitrogen and oxygen atoms in total. The van der Waals surface area contributed by atoms with Crippen LogP contribution in [-0.2, 0) is 11.2 Å². The van der Waals surface area contributed by atoms with E-state index in [0.29, 0.717) is 6.61 Å². The van der Waals surface area contributed by atoms with Crippen molar-refractivity contribution in [1.82, 2.24) is 0 Å². The van der Waals surface area contributed by atoms with Crippen LogP contribution in [-0.4, -0.2) is 12.6 Å². The number of rotatable bonds is 6. The Morgan fingerprint density at radius 1 is 1.19 bits per heavy atom. The van der Waals surface area contributed by atoms with Gasteiger partial charge in [-0.15, -0.1) is 0 Å². The third-order valence-corrected chi connectivity index (χ3v) is 2.56. The molecule has 2 heteroatoms. The summed E-state index contributed by atoms with van der Waals surface area (Å²) in [7, 11) is 0. The highest BCUT2D eigenvalue weighted by Crippen LogP contribution is 2.14. The zero-order valence-electron chi connectivity index (χ0n) is 10.2. The lowest BCUT2D eigenvalue weighted by Gasteiger charge is -2.08.